The Balaban J connectivity index is 1.70. The van der Waals surface area contributed by atoms with Gasteiger partial charge >= 0.3 is 5.97 Å². The van der Waals surface area contributed by atoms with Crippen LogP contribution in [0.15, 0.2) is 18.3 Å². The molecule has 0 aliphatic heterocycles. The largest absolute Gasteiger partial charge is 0.467 e. The van der Waals surface area contributed by atoms with Crippen LogP contribution in [0, 0.1) is 11.7 Å². The van der Waals surface area contributed by atoms with Gasteiger partial charge in [-0.15, -0.1) is 0 Å². The first-order valence-electron chi connectivity index (χ1n) is 9.02. The number of hydrogen-bond donors (Lipinski definition) is 1. The normalized spacial score (nSPS) is 20.9. The minimum atomic E-state index is -2.02. The van der Waals surface area contributed by atoms with Crippen LogP contribution in [0.2, 0.25) is 0 Å². The molecule has 2 aromatic heterocycles. The van der Waals surface area contributed by atoms with Gasteiger partial charge in [-0.25, -0.2) is 23.2 Å². The number of carbonyl (C=O) groups is 2. The van der Waals surface area contributed by atoms with Crippen molar-refractivity contribution >= 4 is 11.9 Å². The summed E-state index contributed by atoms with van der Waals surface area (Å²) in [6, 6.07) is 1.29. The van der Waals surface area contributed by atoms with Crippen LogP contribution in [0.4, 0.5) is 8.78 Å². The Morgan fingerprint density at radius 1 is 1.39 bits per heavy atom. The van der Waals surface area contributed by atoms with Crippen LogP contribution in [0.25, 0.3) is 5.82 Å². The fraction of sp³-hybridized carbons (Fsp3) is 0.474. The number of methoxy groups -OCH3 is 1. The lowest BCUT2D eigenvalue weighted by atomic mass is 10.0. The quantitative estimate of drug-likeness (QED) is 0.790. The van der Waals surface area contributed by atoms with Gasteiger partial charge in [-0.05, 0) is 44.7 Å². The van der Waals surface area contributed by atoms with Crippen molar-refractivity contribution in [2.45, 2.75) is 44.3 Å². The molecule has 9 heteroatoms. The monoisotopic (exact) mass is 390 g/mol. The Bertz CT molecular complexity index is 949. The lowest BCUT2D eigenvalue weighted by Gasteiger charge is -2.25. The maximum absolute atomic E-state index is 14.4. The van der Waals surface area contributed by atoms with Crippen LogP contribution in [0.5, 0.6) is 0 Å². The first-order chi connectivity index (χ1) is 13.2. The van der Waals surface area contributed by atoms with Crippen molar-refractivity contribution in [1.29, 1.82) is 0 Å². The number of nitrogens with zero attached hydrogens (tertiary/aromatic N) is 3. The molecule has 2 aliphatic rings. The summed E-state index contributed by atoms with van der Waals surface area (Å²) in [6.07, 6.45) is 2.77. The molecule has 2 heterocycles. The number of rotatable bonds is 5. The molecule has 0 radical (unpaired) electrons. The van der Waals surface area contributed by atoms with E-state index in [-0.39, 0.29) is 11.6 Å². The fourth-order valence-electron chi connectivity index (χ4n) is 3.79. The molecule has 0 saturated heterocycles. The molecule has 0 spiro atoms. The summed E-state index contributed by atoms with van der Waals surface area (Å²) in [5.74, 6) is -0.870. The summed E-state index contributed by atoms with van der Waals surface area (Å²) >= 11 is 0. The van der Waals surface area contributed by atoms with Crippen molar-refractivity contribution in [2.75, 3.05) is 7.11 Å². The van der Waals surface area contributed by atoms with Crippen LogP contribution >= 0.6 is 0 Å². The Hall–Kier alpha value is -2.84. The van der Waals surface area contributed by atoms with Crippen molar-refractivity contribution in [2.24, 2.45) is 5.92 Å². The summed E-state index contributed by atoms with van der Waals surface area (Å²) < 4.78 is 33.8. The van der Waals surface area contributed by atoms with Crippen LogP contribution in [0.3, 0.4) is 0 Å². The van der Waals surface area contributed by atoms with E-state index >= 15 is 0 Å². The van der Waals surface area contributed by atoms with Crippen LogP contribution in [-0.4, -0.2) is 45.5 Å². The summed E-state index contributed by atoms with van der Waals surface area (Å²) in [4.78, 5) is 28.8. The molecule has 148 valence electrons. The zero-order valence-electron chi connectivity index (χ0n) is 15.7. The zero-order chi connectivity index (χ0) is 20.2. The summed E-state index contributed by atoms with van der Waals surface area (Å²) in [6.45, 7) is 2.38. The topological polar surface area (TPSA) is 86.1 Å². The zero-order valence-corrected chi connectivity index (χ0v) is 15.7. The average Bonchev–Trinajstić information content (AvgIpc) is 3.14. The fourth-order valence-corrected chi connectivity index (χ4v) is 3.79. The molecule has 7 nitrogen and oxygen atoms in total. The van der Waals surface area contributed by atoms with Crippen molar-refractivity contribution in [3.05, 3.63) is 41.1 Å². The second-order valence-corrected chi connectivity index (χ2v) is 7.76. The highest BCUT2D eigenvalue weighted by atomic mass is 19.1. The van der Waals surface area contributed by atoms with Gasteiger partial charge < -0.3 is 10.1 Å². The van der Waals surface area contributed by atoms with Crippen molar-refractivity contribution in [3.63, 3.8) is 0 Å². The highest BCUT2D eigenvalue weighted by Crippen LogP contribution is 2.57. The molecule has 2 aliphatic carbocycles. The molecule has 3 atom stereocenters. The number of fused-ring (bicyclic) bond motifs is 3. The molecule has 4 rings (SSSR count). The van der Waals surface area contributed by atoms with Gasteiger partial charge in [-0.1, -0.05) is 0 Å². The number of amides is 1. The average molecular weight is 390 g/mol. The number of esters is 1. The van der Waals surface area contributed by atoms with Gasteiger partial charge in [0.2, 0.25) is 0 Å². The van der Waals surface area contributed by atoms with Gasteiger partial charge in [0.15, 0.2) is 17.6 Å². The molecule has 1 N–H and O–H groups in total. The van der Waals surface area contributed by atoms with E-state index in [0.29, 0.717) is 18.2 Å². The van der Waals surface area contributed by atoms with Gasteiger partial charge in [0.05, 0.1) is 19.0 Å². The van der Waals surface area contributed by atoms with Gasteiger partial charge in [-0.3, -0.25) is 4.79 Å². The Labute approximate surface area is 160 Å². The Kier molecular flexibility index (Phi) is 4.20. The molecule has 1 fully saturated rings. The number of aromatic nitrogens is 3. The molecule has 1 unspecified atom stereocenters. The van der Waals surface area contributed by atoms with Crippen molar-refractivity contribution in [1.82, 2.24) is 20.1 Å². The summed E-state index contributed by atoms with van der Waals surface area (Å²) in [5, 5.41) is 6.79. The van der Waals surface area contributed by atoms with E-state index in [1.54, 1.807) is 4.68 Å². The van der Waals surface area contributed by atoms with E-state index in [1.807, 2.05) is 0 Å². The number of alkyl halides is 1. The van der Waals surface area contributed by atoms with Gasteiger partial charge in [-0.2, -0.15) is 5.10 Å². The van der Waals surface area contributed by atoms with Crippen LogP contribution in [-0.2, 0) is 16.0 Å². The molecule has 1 amide bonds. The van der Waals surface area contributed by atoms with Crippen molar-refractivity contribution in [3.8, 4) is 5.82 Å². The van der Waals surface area contributed by atoms with Gasteiger partial charge in [0.25, 0.3) is 5.91 Å². The number of nitrogens with one attached hydrogen (secondary N) is 1. The molecular formula is C19H20F2N4O3. The third-order valence-corrected chi connectivity index (χ3v) is 5.31. The highest BCUT2D eigenvalue weighted by molar-refractivity contribution is 5.97. The maximum Gasteiger partial charge on any atom is 0.331 e. The van der Waals surface area contributed by atoms with E-state index in [2.05, 4.69) is 20.1 Å². The third kappa shape index (κ3) is 3.04. The number of hydrogen-bond acceptors (Lipinski definition) is 5. The minimum Gasteiger partial charge on any atom is -0.467 e. The Morgan fingerprint density at radius 3 is 2.75 bits per heavy atom. The molecular weight excluding hydrogens is 370 g/mol. The predicted molar refractivity (Wildman–Crippen MR) is 94.3 cm³/mol. The van der Waals surface area contributed by atoms with Crippen molar-refractivity contribution < 1.29 is 23.1 Å². The molecule has 1 saturated carbocycles. The van der Waals surface area contributed by atoms with Crippen LogP contribution < -0.4 is 5.32 Å². The van der Waals surface area contributed by atoms with Gasteiger partial charge in [0.1, 0.15) is 11.5 Å². The van der Waals surface area contributed by atoms with E-state index in [1.165, 1.54) is 26.0 Å². The lowest BCUT2D eigenvalue weighted by Crippen LogP contribution is -2.52. The number of halogens is 2. The number of pyridine rings is 1. The minimum absolute atomic E-state index is 0.131. The van der Waals surface area contributed by atoms with E-state index in [9.17, 15) is 18.4 Å². The second-order valence-electron chi connectivity index (χ2n) is 7.76. The maximum atomic E-state index is 14.4. The lowest BCUT2D eigenvalue weighted by molar-refractivity contribution is -0.146. The molecule has 0 bridgehead atoms. The standard InChI is InChI=1S/C19H20F2N4O3/c1-19(2,21)16(18(27)28-3)23-17(26)14-12-7-9-6-11(9)15(12)25(24-14)13-5-4-10(20)8-22-13/h4-5,8-9,11,16H,6-7H2,1-3H3,(H,23,26)/t9-,11-,16?/m1/s1. The highest BCUT2D eigenvalue weighted by Gasteiger charge is 2.50. The molecule has 0 aromatic carbocycles. The summed E-state index contributed by atoms with van der Waals surface area (Å²) in [5.41, 5.74) is -0.241. The molecule has 28 heavy (non-hydrogen) atoms. The smallest absolute Gasteiger partial charge is 0.331 e. The van der Waals surface area contributed by atoms with Gasteiger partial charge in [0, 0.05) is 11.5 Å². The number of carbonyl (C=O) groups excluding carboxylic acids is 2. The predicted octanol–water partition coefficient (Wildman–Crippen LogP) is 2.09. The first-order valence-corrected chi connectivity index (χ1v) is 9.02. The second kappa shape index (κ2) is 6.35. The van der Waals surface area contributed by atoms with E-state index in [4.69, 9.17) is 0 Å². The molecule has 2 aromatic rings. The van der Waals surface area contributed by atoms with E-state index < -0.39 is 29.4 Å². The first kappa shape index (κ1) is 18.5. The number of ether oxygens (including phenoxy) is 1. The van der Waals surface area contributed by atoms with Crippen LogP contribution in [0.1, 0.15) is 47.9 Å². The third-order valence-electron chi connectivity index (χ3n) is 5.31. The summed E-state index contributed by atoms with van der Waals surface area (Å²) in [7, 11) is 1.13. The SMILES string of the molecule is COC(=O)C(NC(=O)c1nn(-c2ccc(F)cn2)c2c1C[C@H]1C[C@@H]21)C(C)(C)F. The van der Waals surface area contributed by atoms with E-state index in [0.717, 1.165) is 31.0 Å². The Morgan fingerprint density at radius 2 is 2.14 bits per heavy atom.